The number of halogens is 1. The van der Waals surface area contributed by atoms with E-state index < -0.39 is 0 Å². The molecule has 0 aliphatic heterocycles. The highest BCUT2D eigenvalue weighted by atomic mass is 35.5. The Kier molecular flexibility index (Phi) is 2.97. The molecule has 0 bridgehead atoms. The minimum absolute atomic E-state index is 0. The van der Waals surface area contributed by atoms with Crippen molar-refractivity contribution < 1.29 is 4.52 Å². The Hall–Kier alpha value is -1.33. The lowest BCUT2D eigenvalue weighted by molar-refractivity contribution is 0.229. The first-order chi connectivity index (χ1) is 7.69. The molecular formula is C11H15ClN4O. The van der Waals surface area contributed by atoms with Crippen molar-refractivity contribution in [1.29, 1.82) is 0 Å². The first-order valence-corrected chi connectivity index (χ1v) is 5.46. The number of nitrogens with zero attached hydrogens (tertiary/aromatic N) is 2. The summed E-state index contributed by atoms with van der Waals surface area (Å²) in [5.41, 5.74) is 7.82. The topological polar surface area (TPSA) is 80.7 Å². The van der Waals surface area contributed by atoms with Crippen molar-refractivity contribution in [3.8, 4) is 11.5 Å². The number of aryl methyl sites for hydroxylation is 1. The third-order valence-electron chi connectivity index (χ3n) is 3.30. The number of nitrogens with two attached hydrogens (primary N) is 1. The van der Waals surface area contributed by atoms with Crippen molar-refractivity contribution in [2.75, 3.05) is 0 Å². The maximum atomic E-state index is 6.14. The summed E-state index contributed by atoms with van der Waals surface area (Å²) in [6, 6.07) is 0. The normalized spacial score (nSPS) is 17.3. The number of aromatic amines is 1. The zero-order chi connectivity index (χ0) is 11.2. The van der Waals surface area contributed by atoms with Crippen LogP contribution in [0.5, 0.6) is 0 Å². The molecule has 3 N–H and O–H groups in total. The molecule has 1 saturated carbocycles. The Morgan fingerprint density at radius 1 is 1.41 bits per heavy atom. The molecule has 1 fully saturated rings. The average molecular weight is 255 g/mol. The first kappa shape index (κ1) is 12.1. The van der Waals surface area contributed by atoms with Gasteiger partial charge in [0.25, 0.3) is 5.89 Å². The van der Waals surface area contributed by atoms with Gasteiger partial charge >= 0.3 is 0 Å². The predicted molar refractivity (Wildman–Crippen MR) is 65.8 cm³/mol. The van der Waals surface area contributed by atoms with Crippen LogP contribution < -0.4 is 5.73 Å². The van der Waals surface area contributed by atoms with Crippen molar-refractivity contribution in [2.24, 2.45) is 5.73 Å². The van der Waals surface area contributed by atoms with E-state index in [-0.39, 0.29) is 17.9 Å². The second-order valence-corrected chi connectivity index (χ2v) is 4.48. The van der Waals surface area contributed by atoms with Gasteiger partial charge in [0.2, 0.25) is 0 Å². The molecule has 1 aliphatic rings. The molecule has 1 aliphatic carbocycles. The van der Waals surface area contributed by atoms with Gasteiger partial charge in [0, 0.05) is 12.4 Å². The van der Waals surface area contributed by atoms with Gasteiger partial charge in [-0.1, -0.05) is 5.16 Å². The van der Waals surface area contributed by atoms with Crippen LogP contribution in [0.1, 0.15) is 30.7 Å². The second-order valence-electron chi connectivity index (χ2n) is 4.48. The van der Waals surface area contributed by atoms with Gasteiger partial charge in [-0.25, -0.2) is 0 Å². The molecule has 0 atom stereocenters. The molecule has 17 heavy (non-hydrogen) atoms. The fourth-order valence-corrected chi connectivity index (χ4v) is 1.99. The molecule has 0 radical (unpaired) electrons. The van der Waals surface area contributed by atoms with Crippen molar-refractivity contribution in [3.63, 3.8) is 0 Å². The summed E-state index contributed by atoms with van der Waals surface area (Å²) in [5.74, 6) is 1.18. The van der Waals surface area contributed by atoms with Crippen LogP contribution in [0.2, 0.25) is 0 Å². The van der Waals surface area contributed by atoms with Crippen LogP contribution in [0.4, 0.5) is 0 Å². The summed E-state index contributed by atoms with van der Waals surface area (Å²) < 4.78 is 5.25. The molecule has 5 nitrogen and oxygen atoms in total. The van der Waals surface area contributed by atoms with Crippen molar-refractivity contribution in [2.45, 2.75) is 31.7 Å². The maximum absolute atomic E-state index is 6.14. The first-order valence-electron chi connectivity index (χ1n) is 5.46. The Balaban J connectivity index is 0.00000108. The molecular weight excluding hydrogens is 240 g/mol. The molecule has 6 heteroatoms. The van der Waals surface area contributed by atoms with E-state index in [2.05, 4.69) is 15.1 Å². The maximum Gasteiger partial charge on any atom is 0.259 e. The molecule has 2 aromatic heterocycles. The number of nitrogens with one attached hydrogen (secondary N) is 1. The van der Waals surface area contributed by atoms with Crippen molar-refractivity contribution >= 4 is 12.4 Å². The fraction of sp³-hybridized carbons (Fsp3) is 0.455. The monoisotopic (exact) mass is 254 g/mol. The lowest BCUT2D eigenvalue weighted by atomic mass is 9.77. The van der Waals surface area contributed by atoms with E-state index in [0.29, 0.717) is 11.7 Å². The van der Waals surface area contributed by atoms with E-state index >= 15 is 0 Å². The number of hydrogen-bond donors (Lipinski definition) is 2. The van der Waals surface area contributed by atoms with Gasteiger partial charge in [-0.15, -0.1) is 12.4 Å². The molecule has 2 heterocycles. The summed E-state index contributed by atoms with van der Waals surface area (Å²) >= 11 is 0. The van der Waals surface area contributed by atoms with Crippen LogP contribution in [0.3, 0.4) is 0 Å². The molecule has 0 aromatic carbocycles. The largest absolute Gasteiger partial charge is 0.367 e. The number of aromatic nitrogens is 3. The van der Waals surface area contributed by atoms with Gasteiger partial charge < -0.3 is 15.2 Å². The third-order valence-corrected chi connectivity index (χ3v) is 3.30. The summed E-state index contributed by atoms with van der Waals surface area (Å²) in [4.78, 5) is 7.40. The summed E-state index contributed by atoms with van der Waals surface area (Å²) in [6.45, 7) is 2.00. The quantitative estimate of drug-likeness (QED) is 0.860. The molecule has 3 rings (SSSR count). The van der Waals surface area contributed by atoms with Crippen LogP contribution in [-0.4, -0.2) is 15.1 Å². The smallest absolute Gasteiger partial charge is 0.259 e. The van der Waals surface area contributed by atoms with Crippen LogP contribution in [-0.2, 0) is 5.54 Å². The van der Waals surface area contributed by atoms with Crippen molar-refractivity contribution in [1.82, 2.24) is 15.1 Å². The van der Waals surface area contributed by atoms with E-state index in [4.69, 9.17) is 10.3 Å². The van der Waals surface area contributed by atoms with Crippen molar-refractivity contribution in [3.05, 3.63) is 23.8 Å². The average Bonchev–Trinajstić information content (AvgIpc) is 2.82. The third kappa shape index (κ3) is 1.85. The molecule has 92 valence electrons. The van der Waals surface area contributed by atoms with Gasteiger partial charge in [0.15, 0.2) is 5.82 Å². The Morgan fingerprint density at radius 2 is 2.18 bits per heavy atom. The Labute approximate surface area is 105 Å². The SMILES string of the molecule is Cc1c[nH]cc1-c1nc(C2(N)CCC2)no1.Cl. The molecule has 0 saturated heterocycles. The molecule has 0 amide bonds. The standard InChI is InChI=1S/C11H14N4O.ClH/c1-7-5-13-6-8(7)9-14-10(15-16-9)11(12)3-2-4-11;/h5-6,13H,2-4,12H2,1H3;1H. The van der Waals surface area contributed by atoms with Crippen LogP contribution in [0.25, 0.3) is 11.5 Å². The number of hydrogen-bond acceptors (Lipinski definition) is 4. The van der Waals surface area contributed by atoms with Gasteiger partial charge in [-0.05, 0) is 31.7 Å². The van der Waals surface area contributed by atoms with Crippen LogP contribution >= 0.6 is 12.4 Å². The predicted octanol–water partition coefficient (Wildman–Crippen LogP) is 2.13. The lowest BCUT2D eigenvalue weighted by Crippen LogP contribution is -2.44. The zero-order valence-electron chi connectivity index (χ0n) is 9.56. The Morgan fingerprint density at radius 3 is 2.71 bits per heavy atom. The van der Waals surface area contributed by atoms with E-state index in [1.807, 2.05) is 19.3 Å². The van der Waals surface area contributed by atoms with Crippen LogP contribution in [0.15, 0.2) is 16.9 Å². The van der Waals surface area contributed by atoms with E-state index in [1.165, 1.54) is 0 Å². The van der Waals surface area contributed by atoms with Gasteiger partial charge in [-0.3, -0.25) is 0 Å². The van der Waals surface area contributed by atoms with Crippen LogP contribution in [0, 0.1) is 6.92 Å². The summed E-state index contributed by atoms with van der Waals surface area (Å²) in [5, 5.41) is 3.98. The second kappa shape index (κ2) is 4.16. The van der Waals surface area contributed by atoms with Gasteiger partial charge in [0.1, 0.15) is 0 Å². The highest BCUT2D eigenvalue weighted by Crippen LogP contribution is 2.37. The summed E-state index contributed by atoms with van der Waals surface area (Å²) in [7, 11) is 0. The number of H-pyrrole nitrogens is 1. The van der Waals surface area contributed by atoms with Gasteiger partial charge in [-0.2, -0.15) is 4.98 Å². The van der Waals surface area contributed by atoms with E-state index in [1.54, 1.807) is 0 Å². The fourth-order valence-electron chi connectivity index (χ4n) is 1.99. The zero-order valence-corrected chi connectivity index (χ0v) is 10.4. The minimum atomic E-state index is -0.355. The van der Waals surface area contributed by atoms with Gasteiger partial charge in [0.05, 0.1) is 11.1 Å². The Bertz CT molecular complexity index is 515. The molecule has 2 aromatic rings. The highest BCUT2D eigenvalue weighted by Gasteiger charge is 2.39. The molecule has 0 unspecified atom stereocenters. The van der Waals surface area contributed by atoms with E-state index in [9.17, 15) is 0 Å². The minimum Gasteiger partial charge on any atom is -0.367 e. The highest BCUT2D eigenvalue weighted by molar-refractivity contribution is 5.85. The lowest BCUT2D eigenvalue weighted by Gasteiger charge is -2.34. The number of rotatable bonds is 2. The van der Waals surface area contributed by atoms with E-state index in [0.717, 1.165) is 30.4 Å². The molecule has 0 spiro atoms. The summed E-state index contributed by atoms with van der Waals surface area (Å²) in [6.07, 6.45) is 6.79.